The Morgan fingerprint density at radius 1 is 1.14 bits per heavy atom. The van der Waals surface area contributed by atoms with E-state index in [-0.39, 0.29) is 40.4 Å². The molecule has 0 spiro atoms. The number of aromatic nitrogens is 1. The standard InChI is InChI=1S/C12H9IN2O4S.Na/c13-11-6-1-8(7-14-11)12(16)15-9-2-4-10(5-3-9)20(17,18)19;/h1-7H,(H,15,16)(H,17,18,19);/q;+1/p-1. The third-order valence-corrected chi connectivity index (χ3v) is 3.88. The van der Waals surface area contributed by atoms with Crippen molar-refractivity contribution in [3.05, 3.63) is 51.9 Å². The zero-order valence-electron chi connectivity index (χ0n) is 10.9. The van der Waals surface area contributed by atoms with E-state index in [1.807, 2.05) is 22.6 Å². The number of rotatable bonds is 3. The second-order valence-corrected chi connectivity index (χ2v) is 6.29. The molecule has 1 amide bonds. The van der Waals surface area contributed by atoms with Crippen LogP contribution in [0.1, 0.15) is 10.4 Å². The molecule has 0 aliphatic carbocycles. The summed E-state index contributed by atoms with van der Waals surface area (Å²) in [6.07, 6.45) is 1.44. The molecule has 1 aromatic carbocycles. The first-order valence-corrected chi connectivity index (χ1v) is 7.84. The van der Waals surface area contributed by atoms with Gasteiger partial charge in [-0.25, -0.2) is 13.4 Å². The molecular formula is C12H8IN2NaO4S. The fourth-order valence-corrected chi connectivity index (χ4v) is 2.21. The average molecular weight is 426 g/mol. The summed E-state index contributed by atoms with van der Waals surface area (Å²) in [5.74, 6) is -0.369. The molecule has 1 aromatic heterocycles. The van der Waals surface area contributed by atoms with Crippen molar-refractivity contribution in [2.75, 3.05) is 5.32 Å². The van der Waals surface area contributed by atoms with Gasteiger partial charge in [0.15, 0.2) is 0 Å². The van der Waals surface area contributed by atoms with Gasteiger partial charge in [-0.1, -0.05) is 0 Å². The Hall–Kier alpha value is -0.520. The monoisotopic (exact) mass is 426 g/mol. The maximum absolute atomic E-state index is 11.9. The smallest absolute Gasteiger partial charge is 0.744 e. The van der Waals surface area contributed by atoms with E-state index in [9.17, 15) is 17.8 Å². The van der Waals surface area contributed by atoms with E-state index in [0.717, 1.165) is 15.8 Å². The zero-order valence-corrected chi connectivity index (χ0v) is 15.9. The van der Waals surface area contributed by atoms with Crippen LogP contribution in [0.5, 0.6) is 0 Å². The summed E-state index contributed by atoms with van der Waals surface area (Å²) in [6, 6.07) is 8.31. The largest absolute Gasteiger partial charge is 1.00 e. The van der Waals surface area contributed by atoms with E-state index < -0.39 is 10.1 Å². The van der Waals surface area contributed by atoms with Crippen molar-refractivity contribution >= 4 is 44.3 Å². The van der Waals surface area contributed by atoms with Gasteiger partial charge in [-0.15, -0.1) is 0 Å². The van der Waals surface area contributed by atoms with E-state index in [2.05, 4.69) is 10.3 Å². The van der Waals surface area contributed by atoms with Crippen molar-refractivity contribution in [1.29, 1.82) is 0 Å². The number of halogens is 1. The minimum Gasteiger partial charge on any atom is -0.744 e. The summed E-state index contributed by atoms with van der Waals surface area (Å²) in [4.78, 5) is 15.5. The van der Waals surface area contributed by atoms with Crippen LogP contribution < -0.4 is 34.9 Å². The molecular weight excluding hydrogens is 418 g/mol. The van der Waals surface area contributed by atoms with Crippen LogP contribution >= 0.6 is 22.6 Å². The van der Waals surface area contributed by atoms with Gasteiger partial charge >= 0.3 is 29.6 Å². The predicted octanol–water partition coefficient (Wildman–Crippen LogP) is -1.15. The van der Waals surface area contributed by atoms with Crippen molar-refractivity contribution in [2.45, 2.75) is 4.90 Å². The molecule has 0 atom stereocenters. The topological polar surface area (TPSA) is 99.2 Å². The van der Waals surface area contributed by atoms with E-state index in [0.29, 0.717) is 11.3 Å². The van der Waals surface area contributed by atoms with Gasteiger partial charge in [0, 0.05) is 11.9 Å². The number of nitrogens with one attached hydrogen (secondary N) is 1. The van der Waals surface area contributed by atoms with E-state index >= 15 is 0 Å². The fraction of sp³-hybridized carbons (Fsp3) is 0. The number of nitrogens with zero attached hydrogens (tertiary/aromatic N) is 1. The second kappa shape index (κ2) is 7.65. The number of amides is 1. The number of benzene rings is 1. The molecule has 6 nitrogen and oxygen atoms in total. The Labute approximate surface area is 157 Å². The van der Waals surface area contributed by atoms with Crippen molar-refractivity contribution in [1.82, 2.24) is 4.98 Å². The maximum atomic E-state index is 11.9. The number of hydrogen-bond acceptors (Lipinski definition) is 5. The quantitative estimate of drug-likeness (QED) is 0.289. The predicted molar refractivity (Wildman–Crippen MR) is 79.3 cm³/mol. The molecule has 2 rings (SSSR count). The van der Waals surface area contributed by atoms with Gasteiger partial charge in [-0.3, -0.25) is 4.79 Å². The maximum Gasteiger partial charge on any atom is 1.00 e. The van der Waals surface area contributed by atoms with Gasteiger partial charge in [0.1, 0.15) is 13.8 Å². The molecule has 0 aliphatic heterocycles. The summed E-state index contributed by atoms with van der Waals surface area (Å²) < 4.78 is 33.1. The molecule has 1 N–H and O–H groups in total. The van der Waals surface area contributed by atoms with Crippen molar-refractivity contribution in [2.24, 2.45) is 0 Å². The first-order chi connectivity index (χ1) is 9.36. The van der Waals surface area contributed by atoms with Crippen LogP contribution in [0.25, 0.3) is 0 Å². The summed E-state index contributed by atoms with van der Waals surface area (Å²) in [5.41, 5.74) is 0.770. The molecule has 0 fully saturated rings. The van der Waals surface area contributed by atoms with E-state index in [1.54, 1.807) is 12.1 Å². The van der Waals surface area contributed by atoms with Crippen LogP contribution in [0.15, 0.2) is 47.5 Å². The molecule has 104 valence electrons. The Morgan fingerprint density at radius 3 is 2.24 bits per heavy atom. The van der Waals surface area contributed by atoms with Gasteiger partial charge < -0.3 is 9.87 Å². The minimum absolute atomic E-state index is 0. The molecule has 0 aliphatic rings. The fourth-order valence-electron chi connectivity index (χ4n) is 1.42. The molecule has 2 aromatic rings. The van der Waals surface area contributed by atoms with Crippen LogP contribution in [0.3, 0.4) is 0 Å². The molecule has 1 heterocycles. The molecule has 9 heteroatoms. The van der Waals surface area contributed by atoms with Gasteiger partial charge in [0.05, 0.1) is 10.5 Å². The van der Waals surface area contributed by atoms with Crippen molar-refractivity contribution in [3.63, 3.8) is 0 Å². The van der Waals surface area contributed by atoms with Gasteiger partial charge in [-0.05, 0) is 59.0 Å². The minimum atomic E-state index is -4.48. The number of anilines is 1. The van der Waals surface area contributed by atoms with Gasteiger partial charge in [0.25, 0.3) is 5.91 Å². The van der Waals surface area contributed by atoms with Crippen molar-refractivity contribution < 1.29 is 47.3 Å². The van der Waals surface area contributed by atoms with Crippen LogP contribution in [-0.4, -0.2) is 23.9 Å². The summed E-state index contributed by atoms with van der Waals surface area (Å²) in [7, 11) is -4.48. The first kappa shape index (κ1) is 18.5. The van der Waals surface area contributed by atoms with E-state index in [1.165, 1.54) is 18.3 Å². The molecule has 0 saturated carbocycles. The SMILES string of the molecule is O=C(Nc1ccc(S(=O)(=O)[O-])cc1)c1ccc(I)nc1.[Na+]. The Balaban J connectivity index is 0.00000220. The zero-order chi connectivity index (χ0) is 14.8. The van der Waals surface area contributed by atoms with Crippen molar-refractivity contribution in [3.8, 4) is 0 Å². The Kier molecular flexibility index (Phi) is 6.75. The van der Waals surface area contributed by atoms with Crippen LogP contribution in [-0.2, 0) is 10.1 Å². The van der Waals surface area contributed by atoms with Gasteiger partial charge in [0.2, 0.25) is 0 Å². The summed E-state index contributed by atoms with van der Waals surface area (Å²) >= 11 is 2.03. The summed E-state index contributed by atoms with van der Waals surface area (Å²) in [5, 5.41) is 2.58. The number of pyridine rings is 1. The number of carbonyl (C=O) groups is 1. The normalized spacial score (nSPS) is 10.6. The Bertz CT molecular complexity index is 733. The summed E-state index contributed by atoms with van der Waals surface area (Å²) in [6.45, 7) is 0. The molecule has 0 saturated heterocycles. The first-order valence-electron chi connectivity index (χ1n) is 5.35. The van der Waals surface area contributed by atoms with Crippen LogP contribution in [0, 0.1) is 3.70 Å². The third-order valence-electron chi connectivity index (χ3n) is 2.39. The molecule has 0 radical (unpaired) electrons. The number of hydrogen-bond donors (Lipinski definition) is 1. The van der Waals surface area contributed by atoms with E-state index in [4.69, 9.17) is 0 Å². The Morgan fingerprint density at radius 2 is 1.76 bits per heavy atom. The van der Waals surface area contributed by atoms with Gasteiger partial charge in [-0.2, -0.15) is 0 Å². The van der Waals surface area contributed by atoms with Crippen LogP contribution in [0.2, 0.25) is 0 Å². The molecule has 21 heavy (non-hydrogen) atoms. The third kappa shape index (κ3) is 5.31. The number of carbonyl (C=O) groups excluding carboxylic acids is 1. The molecule has 0 bridgehead atoms. The second-order valence-electron chi connectivity index (χ2n) is 3.80. The average Bonchev–Trinajstić information content (AvgIpc) is 2.39. The molecule has 0 unspecified atom stereocenters. The van der Waals surface area contributed by atoms with Crippen LogP contribution in [0.4, 0.5) is 5.69 Å².